The molecule has 0 saturated heterocycles. The maximum Gasteiger partial charge on any atom is 0.573 e. The summed E-state index contributed by atoms with van der Waals surface area (Å²) in [6, 6.07) is 15.4. The number of thiocarbonyl (C=S) groups is 1. The zero-order chi connectivity index (χ0) is 25.0. The molecule has 0 aliphatic heterocycles. The number of aryl methyl sites for hydroxylation is 2. The zero-order valence-electron chi connectivity index (χ0n) is 19.0. The van der Waals surface area contributed by atoms with Crippen molar-refractivity contribution in [1.82, 2.24) is 15.3 Å². The van der Waals surface area contributed by atoms with Crippen LogP contribution in [0.1, 0.15) is 22.5 Å². The molecule has 1 aliphatic carbocycles. The van der Waals surface area contributed by atoms with Crippen molar-refractivity contribution in [3.63, 3.8) is 0 Å². The van der Waals surface area contributed by atoms with Gasteiger partial charge in [0.15, 0.2) is 5.11 Å². The van der Waals surface area contributed by atoms with Gasteiger partial charge in [-0.15, -0.1) is 13.2 Å². The largest absolute Gasteiger partial charge is 0.573 e. The lowest BCUT2D eigenvalue weighted by Gasteiger charge is -2.16. The molecule has 0 bridgehead atoms. The summed E-state index contributed by atoms with van der Waals surface area (Å²) < 4.78 is 41.6. The quantitative estimate of drug-likeness (QED) is 0.267. The highest BCUT2D eigenvalue weighted by Gasteiger charge is 2.31. The molecule has 3 N–H and O–H groups in total. The van der Waals surface area contributed by atoms with E-state index in [1.807, 2.05) is 32.0 Å². The number of anilines is 2. The Kier molecular flexibility index (Phi) is 7.15. The maximum absolute atomic E-state index is 12.5. The third-order valence-electron chi connectivity index (χ3n) is 5.11. The van der Waals surface area contributed by atoms with Gasteiger partial charge in [0.2, 0.25) is 11.9 Å². The fraction of sp³-hybridized carbons (Fsp3) is 0.250. The second kappa shape index (κ2) is 10.3. The van der Waals surface area contributed by atoms with E-state index in [1.165, 1.54) is 29.3 Å². The Morgan fingerprint density at radius 1 is 0.971 bits per heavy atom. The lowest BCUT2D eigenvalue weighted by atomic mass is 10.1. The van der Waals surface area contributed by atoms with Crippen LogP contribution in [0.2, 0.25) is 0 Å². The highest BCUT2D eigenvalue weighted by Crippen LogP contribution is 2.25. The molecule has 0 radical (unpaired) electrons. The van der Waals surface area contributed by atoms with Crippen LogP contribution in [-0.2, 0) is 12.8 Å². The van der Waals surface area contributed by atoms with E-state index in [1.54, 1.807) is 6.07 Å². The number of aromatic nitrogens is 2. The molecule has 11 heteroatoms. The monoisotopic (exact) mass is 500 g/mol. The van der Waals surface area contributed by atoms with Gasteiger partial charge < -0.3 is 15.4 Å². The number of alkyl halides is 3. The molecule has 0 spiro atoms. The molecule has 0 amide bonds. The van der Waals surface area contributed by atoms with Gasteiger partial charge in [0.25, 0.3) is 0 Å². The van der Waals surface area contributed by atoms with Gasteiger partial charge in [0.1, 0.15) is 5.75 Å². The van der Waals surface area contributed by atoms with E-state index in [-0.39, 0.29) is 16.9 Å². The van der Waals surface area contributed by atoms with Gasteiger partial charge in [-0.05, 0) is 68.2 Å². The first kappa shape index (κ1) is 24.4. The molecule has 0 atom stereocenters. The van der Waals surface area contributed by atoms with Crippen molar-refractivity contribution >= 4 is 34.9 Å². The Morgan fingerprint density at radius 3 is 2.26 bits per heavy atom. The molecule has 2 aromatic carbocycles. The Balaban J connectivity index is 1.51. The van der Waals surface area contributed by atoms with Crippen molar-refractivity contribution in [1.29, 1.82) is 0 Å². The average Bonchev–Trinajstić information content (AvgIpc) is 3.14. The second-order valence-electron chi connectivity index (χ2n) is 8.06. The predicted molar refractivity (Wildman–Crippen MR) is 133 cm³/mol. The molecule has 0 fully saturated rings. The van der Waals surface area contributed by atoms with Crippen LogP contribution in [-0.4, -0.2) is 33.4 Å². The van der Waals surface area contributed by atoms with Crippen molar-refractivity contribution in [3.05, 3.63) is 77.1 Å². The number of nitrogens with zero attached hydrogens (tertiary/aromatic N) is 3. The van der Waals surface area contributed by atoms with Crippen molar-refractivity contribution in [2.45, 2.75) is 39.1 Å². The number of guanidine groups is 1. The number of halogens is 3. The molecule has 182 valence electrons. The number of ether oxygens (including phenoxy) is 1. The third-order valence-corrected chi connectivity index (χ3v) is 5.32. The standard InChI is InChI=1S/C24H23F3N6OS/c1-14-10-15(2)29-21(28-14)32-22(30-19-11-16-6-3-4-7-17(16)12-19)33-23(35)31-18-8-5-9-20(13-18)34-24(25,26)27/h3-10,13,19H,11-12H2,1-2H3,(H3,28,29,30,31,32,33,35). The second-order valence-corrected chi connectivity index (χ2v) is 8.47. The van der Waals surface area contributed by atoms with Gasteiger partial charge in [-0.2, -0.15) is 0 Å². The van der Waals surface area contributed by atoms with Crippen LogP contribution < -0.4 is 20.7 Å². The first-order chi connectivity index (χ1) is 16.6. The minimum Gasteiger partial charge on any atom is -0.406 e. The minimum atomic E-state index is -4.79. The van der Waals surface area contributed by atoms with Crippen molar-refractivity contribution < 1.29 is 17.9 Å². The molecule has 35 heavy (non-hydrogen) atoms. The average molecular weight is 501 g/mol. The van der Waals surface area contributed by atoms with E-state index in [4.69, 9.17) is 17.2 Å². The summed E-state index contributed by atoms with van der Waals surface area (Å²) in [6.07, 6.45) is -3.24. The highest BCUT2D eigenvalue weighted by atomic mass is 32.1. The van der Waals surface area contributed by atoms with Crippen LogP contribution in [0.25, 0.3) is 0 Å². The number of hydrogen-bond donors (Lipinski definition) is 3. The van der Waals surface area contributed by atoms with E-state index in [0.29, 0.717) is 17.6 Å². The summed E-state index contributed by atoms with van der Waals surface area (Å²) in [6.45, 7) is 3.72. The predicted octanol–water partition coefficient (Wildman–Crippen LogP) is 4.91. The van der Waals surface area contributed by atoms with Gasteiger partial charge in [0.05, 0.1) is 6.04 Å². The molecule has 1 aromatic heterocycles. The highest BCUT2D eigenvalue weighted by molar-refractivity contribution is 7.80. The number of benzene rings is 2. The molecule has 7 nitrogen and oxygen atoms in total. The van der Waals surface area contributed by atoms with Crippen LogP contribution in [0.5, 0.6) is 5.75 Å². The van der Waals surface area contributed by atoms with Crippen LogP contribution in [0.3, 0.4) is 0 Å². The van der Waals surface area contributed by atoms with Gasteiger partial charge in [-0.25, -0.2) is 15.0 Å². The topological polar surface area (TPSA) is 83.5 Å². The Hall–Kier alpha value is -3.73. The number of hydrogen-bond acceptors (Lipinski definition) is 5. The smallest absolute Gasteiger partial charge is 0.406 e. The van der Waals surface area contributed by atoms with E-state index >= 15 is 0 Å². The molecule has 1 aliphatic rings. The van der Waals surface area contributed by atoms with Crippen LogP contribution in [0.4, 0.5) is 24.8 Å². The molecule has 1 heterocycles. The van der Waals surface area contributed by atoms with Crippen molar-refractivity contribution in [3.8, 4) is 5.75 Å². The fourth-order valence-corrected chi connectivity index (χ4v) is 4.05. The SMILES string of the molecule is Cc1cc(C)nc(NC(=NC2Cc3ccccc3C2)NC(=S)Nc2cccc(OC(F)(F)F)c2)n1. The fourth-order valence-electron chi connectivity index (χ4n) is 3.83. The Bertz CT molecular complexity index is 1220. The van der Waals surface area contributed by atoms with Crippen molar-refractivity contribution in [2.24, 2.45) is 4.99 Å². The maximum atomic E-state index is 12.5. The van der Waals surface area contributed by atoms with Crippen molar-refractivity contribution in [2.75, 3.05) is 10.6 Å². The molecular weight excluding hydrogens is 477 g/mol. The molecule has 0 saturated carbocycles. The van der Waals surface area contributed by atoms with E-state index in [2.05, 4.69) is 42.8 Å². The molecule has 0 unspecified atom stereocenters. The summed E-state index contributed by atoms with van der Waals surface area (Å²) in [5, 5.41) is 9.07. The number of fused-ring (bicyclic) bond motifs is 1. The normalized spacial score (nSPS) is 13.8. The van der Waals surface area contributed by atoms with Crippen LogP contribution >= 0.6 is 12.2 Å². The van der Waals surface area contributed by atoms with Gasteiger partial charge in [0, 0.05) is 23.1 Å². The minimum absolute atomic E-state index is 0.0281. The lowest BCUT2D eigenvalue weighted by Crippen LogP contribution is -2.40. The summed E-state index contributed by atoms with van der Waals surface area (Å²) in [7, 11) is 0. The summed E-state index contributed by atoms with van der Waals surface area (Å²) >= 11 is 5.40. The van der Waals surface area contributed by atoms with Crippen LogP contribution in [0.15, 0.2) is 59.6 Å². The molecule has 3 aromatic rings. The van der Waals surface area contributed by atoms with E-state index in [9.17, 15) is 13.2 Å². The first-order valence-corrected chi connectivity index (χ1v) is 11.2. The van der Waals surface area contributed by atoms with E-state index in [0.717, 1.165) is 24.2 Å². The third kappa shape index (κ3) is 7.12. The van der Waals surface area contributed by atoms with Gasteiger partial charge in [-0.3, -0.25) is 5.32 Å². The lowest BCUT2D eigenvalue weighted by molar-refractivity contribution is -0.274. The number of aliphatic imine (C=N–C) groups is 1. The van der Waals surface area contributed by atoms with Crippen LogP contribution in [0, 0.1) is 13.8 Å². The first-order valence-electron chi connectivity index (χ1n) is 10.8. The van der Waals surface area contributed by atoms with E-state index < -0.39 is 6.36 Å². The molecule has 4 rings (SSSR count). The summed E-state index contributed by atoms with van der Waals surface area (Å²) in [5.74, 6) is 0.324. The summed E-state index contributed by atoms with van der Waals surface area (Å²) in [4.78, 5) is 13.6. The Morgan fingerprint density at radius 2 is 1.63 bits per heavy atom. The zero-order valence-corrected chi connectivity index (χ0v) is 19.8. The summed E-state index contributed by atoms with van der Waals surface area (Å²) in [5.41, 5.74) is 4.37. The number of nitrogens with one attached hydrogen (secondary N) is 3. The Labute approximate surface area is 205 Å². The molecular formula is C24H23F3N6OS. The van der Waals surface area contributed by atoms with Gasteiger partial charge in [-0.1, -0.05) is 30.3 Å². The van der Waals surface area contributed by atoms with Gasteiger partial charge >= 0.3 is 6.36 Å². The number of rotatable bonds is 4.